The zero-order valence-corrected chi connectivity index (χ0v) is 18.8. The van der Waals surface area contributed by atoms with Gasteiger partial charge in [0.2, 0.25) is 5.91 Å². The van der Waals surface area contributed by atoms with E-state index >= 15 is 0 Å². The van der Waals surface area contributed by atoms with Crippen LogP contribution in [-0.2, 0) is 24.3 Å². The van der Waals surface area contributed by atoms with Gasteiger partial charge in [-0.1, -0.05) is 42.5 Å². The van der Waals surface area contributed by atoms with Gasteiger partial charge in [0.25, 0.3) is 11.1 Å². The molecular weight excluding hydrogens is 428 g/mol. The number of hydrogen-bond acceptors (Lipinski definition) is 4. The maximum atomic E-state index is 13.0. The van der Waals surface area contributed by atoms with Gasteiger partial charge in [0.05, 0.1) is 17.4 Å². The SMILES string of the molecule is O=C(CCc1nc2ccccc2c(=O)n1C1CC1)NCc1ccc(Cn2ccccc2=O)cc1. The first-order valence-corrected chi connectivity index (χ1v) is 11.6. The van der Waals surface area contributed by atoms with Gasteiger partial charge >= 0.3 is 0 Å². The zero-order chi connectivity index (χ0) is 23.5. The first kappa shape index (κ1) is 21.8. The molecule has 5 rings (SSSR count). The van der Waals surface area contributed by atoms with E-state index in [1.165, 1.54) is 0 Å². The summed E-state index contributed by atoms with van der Waals surface area (Å²) in [6.45, 7) is 0.929. The van der Waals surface area contributed by atoms with Gasteiger partial charge in [0, 0.05) is 37.7 Å². The molecule has 0 atom stereocenters. The van der Waals surface area contributed by atoms with Gasteiger partial charge in [-0.2, -0.15) is 0 Å². The Labute approximate surface area is 196 Å². The topological polar surface area (TPSA) is 86.0 Å². The third kappa shape index (κ3) is 4.83. The molecule has 1 N–H and O–H groups in total. The number of rotatable bonds is 8. The summed E-state index contributed by atoms with van der Waals surface area (Å²) in [5, 5.41) is 3.58. The Hall–Kier alpha value is -4.00. The number of aromatic nitrogens is 3. The molecule has 2 heterocycles. The lowest BCUT2D eigenvalue weighted by atomic mass is 10.1. The number of carbonyl (C=O) groups is 1. The average Bonchev–Trinajstić information content (AvgIpc) is 3.69. The van der Waals surface area contributed by atoms with Crippen LogP contribution in [0.5, 0.6) is 0 Å². The molecule has 1 aliphatic carbocycles. The summed E-state index contributed by atoms with van der Waals surface area (Å²) in [5.74, 6) is 0.603. The number of aryl methyl sites for hydroxylation is 1. The molecule has 34 heavy (non-hydrogen) atoms. The summed E-state index contributed by atoms with van der Waals surface area (Å²) in [5.41, 5.74) is 2.63. The predicted molar refractivity (Wildman–Crippen MR) is 131 cm³/mol. The van der Waals surface area contributed by atoms with E-state index in [1.54, 1.807) is 27.5 Å². The molecule has 1 aliphatic rings. The molecule has 0 radical (unpaired) electrons. The van der Waals surface area contributed by atoms with Gasteiger partial charge in [0.1, 0.15) is 5.82 Å². The normalized spacial score (nSPS) is 13.2. The first-order chi connectivity index (χ1) is 16.6. The highest BCUT2D eigenvalue weighted by Crippen LogP contribution is 2.34. The van der Waals surface area contributed by atoms with Crippen molar-refractivity contribution in [2.75, 3.05) is 0 Å². The van der Waals surface area contributed by atoms with Crippen LogP contribution in [-0.4, -0.2) is 20.0 Å². The van der Waals surface area contributed by atoms with E-state index in [0.717, 1.165) is 24.0 Å². The standard InChI is InChI=1S/C27H26N4O3/c32-25(28-17-19-8-10-20(11-9-19)18-30-16-4-3-7-26(30)33)15-14-24-29-23-6-2-1-5-22(23)27(34)31(24)21-12-13-21/h1-11,16,21H,12-15,17-18H2,(H,28,32). The zero-order valence-electron chi connectivity index (χ0n) is 18.8. The number of amides is 1. The van der Waals surface area contributed by atoms with Crippen LogP contribution in [0.4, 0.5) is 0 Å². The van der Waals surface area contributed by atoms with Crippen molar-refractivity contribution < 1.29 is 4.79 Å². The molecule has 1 saturated carbocycles. The lowest BCUT2D eigenvalue weighted by molar-refractivity contribution is -0.121. The van der Waals surface area contributed by atoms with Gasteiger partial charge in [-0.15, -0.1) is 0 Å². The van der Waals surface area contributed by atoms with Gasteiger partial charge in [-0.3, -0.25) is 19.0 Å². The van der Waals surface area contributed by atoms with Crippen LogP contribution >= 0.6 is 0 Å². The predicted octanol–water partition coefficient (Wildman–Crippen LogP) is 3.19. The lowest BCUT2D eigenvalue weighted by Crippen LogP contribution is -2.27. The number of pyridine rings is 1. The van der Waals surface area contributed by atoms with Crippen LogP contribution in [0.25, 0.3) is 10.9 Å². The van der Waals surface area contributed by atoms with Crippen molar-refractivity contribution in [2.24, 2.45) is 0 Å². The number of fused-ring (bicyclic) bond motifs is 1. The minimum absolute atomic E-state index is 0.0126. The quantitative estimate of drug-likeness (QED) is 0.443. The third-order valence-corrected chi connectivity index (χ3v) is 6.13. The van der Waals surface area contributed by atoms with Gasteiger partial charge in [0.15, 0.2) is 0 Å². The summed E-state index contributed by atoms with van der Waals surface area (Å²) in [7, 11) is 0. The van der Waals surface area contributed by atoms with Gasteiger partial charge in [-0.05, 0) is 42.2 Å². The fraction of sp³-hybridized carbons (Fsp3) is 0.259. The van der Waals surface area contributed by atoms with E-state index in [2.05, 4.69) is 5.32 Å². The summed E-state index contributed by atoms with van der Waals surface area (Å²) in [6, 6.07) is 20.5. The number of carbonyl (C=O) groups excluding carboxylic acids is 1. The highest BCUT2D eigenvalue weighted by molar-refractivity contribution is 5.78. The highest BCUT2D eigenvalue weighted by Gasteiger charge is 2.28. The molecule has 0 spiro atoms. The monoisotopic (exact) mass is 454 g/mol. The second-order valence-corrected chi connectivity index (χ2v) is 8.71. The molecule has 0 saturated heterocycles. The van der Waals surface area contributed by atoms with Crippen molar-refractivity contribution in [1.29, 1.82) is 0 Å². The maximum absolute atomic E-state index is 13.0. The van der Waals surface area contributed by atoms with E-state index in [0.29, 0.717) is 36.2 Å². The van der Waals surface area contributed by atoms with Crippen molar-refractivity contribution in [1.82, 2.24) is 19.4 Å². The minimum Gasteiger partial charge on any atom is -0.352 e. The largest absolute Gasteiger partial charge is 0.352 e. The van der Waals surface area contributed by atoms with Crippen molar-refractivity contribution in [3.63, 3.8) is 0 Å². The van der Waals surface area contributed by atoms with Crippen LogP contribution in [0.3, 0.4) is 0 Å². The van der Waals surface area contributed by atoms with Crippen LogP contribution < -0.4 is 16.4 Å². The molecule has 7 nitrogen and oxygen atoms in total. The smallest absolute Gasteiger partial charge is 0.261 e. The molecule has 1 amide bonds. The second kappa shape index (κ2) is 9.47. The van der Waals surface area contributed by atoms with Crippen molar-refractivity contribution in [3.8, 4) is 0 Å². The molecule has 0 aliphatic heterocycles. The molecule has 2 aromatic carbocycles. The van der Waals surface area contributed by atoms with Crippen LogP contribution in [0.2, 0.25) is 0 Å². The summed E-state index contributed by atoms with van der Waals surface area (Å²) < 4.78 is 3.44. The van der Waals surface area contributed by atoms with Gasteiger partial charge in [-0.25, -0.2) is 4.98 Å². The molecule has 7 heteroatoms. The third-order valence-electron chi connectivity index (χ3n) is 6.13. The van der Waals surface area contributed by atoms with Crippen molar-refractivity contribution >= 4 is 16.8 Å². The fourth-order valence-corrected chi connectivity index (χ4v) is 4.14. The first-order valence-electron chi connectivity index (χ1n) is 11.6. The summed E-state index contributed by atoms with van der Waals surface area (Å²) >= 11 is 0. The number of hydrogen-bond donors (Lipinski definition) is 1. The Morgan fingerprint density at radius 2 is 1.68 bits per heavy atom. The van der Waals surface area contributed by atoms with Crippen LogP contribution in [0, 0.1) is 0 Å². The van der Waals surface area contributed by atoms with Gasteiger partial charge < -0.3 is 9.88 Å². The fourth-order valence-electron chi connectivity index (χ4n) is 4.14. The summed E-state index contributed by atoms with van der Waals surface area (Å²) in [4.78, 5) is 42.0. The molecular formula is C27H26N4O3. The molecule has 2 aromatic heterocycles. The molecule has 172 valence electrons. The number of nitrogens with one attached hydrogen (secondary N) is 1. The Bertz CT molecular complexity index is 1450. The Morgan fingerprint density at radius 3 is 2.44 bits per heavy atom. The van der Waals surface area contributed by atoms with E-state index in [9.17, 15) is 14.4 Å². The number of benzene rings is 2. The lowest BCUT2D eigenvalue weighted by Gasteiger charge is -2.13. The van der Waals surface area contributed by atoms with E-state index < -0.39 is 0 Å². The van der Waals surface area contributed by atoms with E-state index in [4.69, 9.17) is 4.98 Å². The van der Waals surface area contributed by atoms with E-state index in [1.807, 2.05) is 54.6 Å². The second-order valence-electron chi connectivity index (χ2n) is 8.71. The highest BCUT2D eigenvalue weighted by atomic mass is 16.2. The van der Waals surface area contributed by atoms with Crippen molar-refractivity contribution in [2.45, 2.75) is 44.8 Å². The molecule has 1 fully saturated rings. The summed E-state index contributed by atoms with van der Waals surface area (Å²) in [6.07, 6.45) is 4.42. The van der Waals surface area contributed by atoms with Crippen LogP contribution in [0.15, 0.2) is 82.5 Å². The average molecular weight is 455 g/mol. The Balaban J connectivity index is 1.19. The molecule has 0 unspecified atom stereocenters. The van der Waals surface area contributed by atoms with Crippen LogP contribution in [0.1, 0.15) is 42.3 Å². The molecule has 0 bridgehead atoms. The Kier molecular flexibility index (Phi) is 6.08. The maximum Gasteiger partial charge on any atom is 0.261 e. The van der Waals surface area contributed by atoms with E-state index in [-0.39, 0.29) is 29.5 Å². The number of nitrogens with zero attached hydrogens (tertiary/aromatic N) is 3. The Morgan fingerprint density at radius 1 is 0.941 bits per heavy atom. The van der Waals surface area contributed by atoms with Crippen molar-refractivity contribution in [3.05, 3.63) is 111 Å². The minimum atomic E-state index is -0.0790. The molecule has 4 aromatic rings. The number of para-hydroxylation sites is 1.